The number of hydrogen-bond donors (Lipinski definition) is 0. The van der Waals surface area contributed by atoms with Crippen LogP contribution in [-0.4, -0.2) is 33.7 Å². The summed E-state index contributed by atoms with van der Waals surface area (Å²) < 4.78 is 40.9. The van der Waals surface area contributed by atoms with Crippen LogP contribution in [0.3, 0.4) is 0 Å². The monoisotopic (exact) mass is 413 g/mol. The zero-order chi connectivity index (χ0) is 20.7. The van der Waals surface area contributed by atoms with Gasteiger partial charge in [-0.2, -0.15) is 0 Å². The smallest absolute Gasteiger partial charge is 0.406 e. The average molecular weight is 414 g/mol. The van der Waals surface area contributed by atoms with E-state index in [0.29, 0.717) is 0 Å². The number of imide groups is 1. The summed E-state index contributed by atoms with van der Waals surface area (Å²) in [6, 6.07) is 5.85. The first-order valence-electron chi connectivity index (χ1n) is 8.11. The lowest BCUT2D eigenvalue weighted by atomic mass is 10.0. The second-order valence-electron chi connectivity index (χ2n) is 6.58. The fourth-order valence-corrected chi connectivity index (χ4v) is 3.11. The number of carbonyl (C=O) groups excluding carboxylic acids is 2. The van der Waals surface area contributed by atoms with Crippen molar-refractivity contribution in [2.75, 3.05) is 4.90 Å². The number of pyridine rings is 1. The highest BCUT2D eigenvalue weighted by molar-refractivity contribution is 6.36. The summed E-state index contributed by atoms with van der Waals surface area (Å²) in [7, 11) is 0. The summed E-state index contributed by atoms with van der Waals surface area (Å²) in [4.78, 5) is 32.0. The van der Waals surface area contributed by atoms with E-state index in [2.05, 4.69) is 9.72 Å². The molecule has 2 aromatic rings. The normalized spacial score (nSPS) is 16.6. The maximum Gasteiger partial charge on any atom is 0.573 e. The molecule has 1 aromatic carbocycles. The van der Waals surface area contributed by atoms with Crippen molar-refractivity contribution in [3.8, 4) is 5.75 Å². The van der Waals surface area contributed by atoms with E-state index in [1.807, 2.05) is 0 Å². The van der Waals surface area contributed by atoms with Crippen LogP contribution in [0.1, 0.15) is 19.4 Å². The van der Waals surface area contributed by atoms with Crippen molar-refractivity contribution in [3.63, 3.8) is 0 Å². The molecule has 0 aliphatic carbocycles. The molecule has 1 fully saturated rings. The Labute approximate surface area is 163 Å². The molecule has 28 heavy (non-hydrogen) atoms. The van der Waals surface area contributed by atoms with E-state index in [-0.39, 0.29) is 17.3 Å². The molecule has 0 unspecified atom stereocenters. The average Bonchev–Trinajstić information content (AvgIpc) is 2.75. The highest BCUT2D eigenvalue weighted by atomic mass is 35.5. The highest BCUT2D eigenvalue weighted by Crippen LogP contribution is 2.38. The van der Waals surface area contributed by atoms with Crippen LogP contribution in [0.4, 0.5) is 23.7 Å². The van der Waals surface area contributed by atoms with E-state index in [4.69, 9.17) is 11.6 Å². The molecule has 0 spiro atoms. The van der Waals surface area contributed by atoms with Crippen LogP contribution in [0, 0.1) is 0 Å². The molecule has 2 heterocycles. The molecule has 1 saturated heterocycles. The molecular formula is C18H15ClF3N3O3. The largest absolute Gasteiger partial charge is 0.573 e. The van der Waals surface area contributed by atoms with Gasteiger partial charge < -0.3 is 9.64 Å². The van der Waals surface area contributed by atoms with Gasteiger partial charge in [0.1, 0.15) is 11.3 Å². The van der Waals surface area contributed by atoms with Gasteiger partial charge in [-0.05, 0) is 43.7 Å². The van der Waals surface area contributed by atoms with Gasteiger partial charge in [0.2, 0.25) is 0 Å². The minimum absolute atomic E-state index is 0.0171. The van der Waals surface area contributed by atoms with Crippen molar-refractivity contribution in [3.05, 3.63) is 53.3 Å². The number of urea groups is 1. The van der Waals surface area contributed by atoms with E-state index in [1.54, 1.807) is 38.4 Å². The Morgan fingerprint density at radius 3 is 2.36 bits per heavy atom. The Morgan fingerprint density at radius 2 is 1.79 bits per heavy atom. The molecule has 6 nitrogen and oxygen atoms in total. The number of carbonyl (C=O) groups is 2. The van der Waals surface area contributed by atoms with Crippen molar-refractivity contribution < 1.29 is 27.5 Å². The minimum Gasteiger partial charge on any atom is -0.406 e. The molecular weight excluding hydrogens is 399 g/mol. The molecule has 0 saturated carbocycles. The van der Waals surface area contributed by atoms with E-state index < -0.39 is 29.6 Å². The summed E-state index contributed by atoms with van der Waals surface area (Å²) in [5, 5.41) is -0.218. The minimum atomic E-state index is -4.88. The van der Waals surface area contributed by atoms with Gasteiger partial charge in [-0.3, -0.25) is 9.78 Å². The number of aromatic nitrogens is 1. The third-order valence-electron chi connectivity index (χ3n) is 4.31. The number of halogens is 4. The number of rotatable bonds is 4. The predicted molar refractivity (Wildman–Crippen MR) is 94.9 cm³/mol. The highest BCUT2D eigenvalue weighted by Gasteiger charge is 2.52. The van der Waals surface area contributed by atoms with Crippen molar-refractivity contribution >= 4 is 29.2 Å². The maximum absolute atomic E-state index is 12.9. The Balaban J connectivity index is 1.92. The first-order valence-corrected chi connectivity index (χ1v) is 8.49. The lowest BCUT2D eigenvalue weighted by Gasteiger charge is -2.27. The van der Waals surface area contributed by atoms with Crippen LogP contribution in [-0.2, 0) is 11.3 Å². The Hall–Kier alpha value is -2.81. The van der Waals surface area contributed by atoms with Crippen molar-refractivity contribution in [2.45, 2.75) is 32.3 Å². The molecule has 1 aromatic heterocycles. The lowest BCUT2D eigenvalue weighted by Crippen LogP contribution is -2.43. The third kappa shape index (κ3) is 3.75. The van der Waals surface area contributed by atoms with Gasteiger partial charge in [0.15, 0.2) is 0 Å². The lowest BCUT2D eigenvalue weighted by molar-refractivity contribution is -0.274. The number of hydrogen-bond acceptors (Lipinski definition) is 4. The van der Waals surface area contributed by atoms with Crippen LogP contribution in [0.25, 0.3) is 0 Å². The zero-order valence-corrected chi connectivity index (χ0v) is 15.6. The molecule has 3 rings (SSSR count). The number of anilines is 1. The topological polar surface area (TPSA) is 62.7 Å². The number of nitrogens with zero attached hydrogens (tertiary/aromatic N) is 3. The summed E-state index contributed by atoms with van der Waals surface area (Å²) in [6.45, 7) is 3.33. The SMILES string of the molecule is CC1(C)C(=O)N(c2ccc(OC(F)(F)F)cc2Cl)C(=O)N1Cc1ccncc1. The molecule has 3 amide bonds. The van der Waals surface area contributed by atoms with Crippen LogP contribution in [0.15, 0.2) is 42.7 Å². The standard InChI is InChI=1S/C18H15ClF3N3O3/c1-17(2)15(26)25(16(27)24(17)10-11-5-7-23-8-6-11)14-4-3-12(9-13(14)19)28-18(20,21)22/h3-9H,10H2,1-2H3. The Bertz CT molecular complexity index is 919. The molecule has 0 atom stereocenters. The van der Waals surface area contributed by atoms with Crippen LogP contribution < -0.4 is 9.64 Å². The zero-order valence-electron chi connectivity index (χ0n) is 14.8. The van der Waals surface area contributed by atoms with E-state index >= 15 is 0 Å². The number of benzene rings is 1. The van der Waals surface area contributed by atoms with Crippen LogP contribution in [0.2, 0.25) is 5.02 Å². The summed E-state index contributed by atoms with van der Waals surface area (Å²) in [6.07, 6.45) is -1.75. The van der Waals surface area contributed by atoms with E-state index in [9.17, 15) is 22.8 Å². The molecule has 0 bridgehead atoms. The molecule has 0 N–H and O–H groups in total. The van der Waals surface area contributed by atoms with Crippen LogP contribution in [0.5, 0.6) is 5.75 Å². The van der Waals surface area contributed by atoms with Crippen molar-refractivity contribution in [1.82, 2.24) is 9.88 Å². The molecule has 0 radical (unpaired) electrons. The summed E-state index contributed by atoms with van der Waals surface area (Å²) in [5.41, 5.74) is -0.423. The van der Waals surface area contributed by atoms with Gasteiger partial charge in [0.05, 0.1) is 10.7 Å². The van der Waals surface area contributed by atoms with Crippen molar-refractivity contribution in [1.29, 1.82) is 0 Å². The van der Waals surface area contributed by atoms with Gasteiger partial charge >= 0.3 is 12.4 Å². The maximum atomic E-state index is 12.9. The number of ether oxygens (including phenoxy) is 1. The summed E-state index contributed by atoms with van der Waals surface area (Å²) >= 11 is 6.05. The fraction of sp³-hybridized carbons (Fsp3) is 0.278. The van der Waals surface area contributed by atoms with Gasteiger partial charge in [0.25, 0.3) is 5.91 Å². The molecule has 148 valence electrons. The van der Waals surface area contributed by atoms with Gasteiger partial charge in [0, 0.05) is 25.0 Å². The van der Waals surface area contributed by atoms with E-state index in [1.165, 1.54) is 4.90 Å². The summed E-state index contributed by atoms with van der Waals surface area (Å²) in [5.74, 6) is -1.09. The fourth-order valence-electron chi connectivity index (χ4n) is 2.85. The second kappa shape index (κ2) is 6.97. The number of amides is 3. The predicted octanol–water partition coefficient (Wildman–Crippen LogP) is 4.38. The van der Waals surface area contributed by atoms with Crippen molar-refractivity contribution in [2.24, 2.45) is 0 Å². The van der Waals surface area contributed by atoms with E-state index in [0.717, 1.165) is 28.7 Å². The first kappa shape index (κ1) is 19.9. The molecule has 1 aliphatic heterocycles. The quantitative estimate of drug-likeness (QED) is 0.698. The first-order chi connectivity index (χ1) is 13.0. The van der Waals surface area contributed by atoms with Crippen LogP contribution >= 0.6 is 11.6 Å². The van der Waals surface area contributed by atoms with Gasteiger partial charge in [-0.25, -0.2) is 9.69 Å². The van der Waals surface area contributed by atoms with Gasteiger partial charge in [-0.1, -0.05) is 11.6 Å². The Kier molecular flexibility index (Phi) is 4.97. The van der Waals surface area contributed by atoms with Gasteiger partial charge in [-0.15, -0.1) is 13.2 Å². The third-order valence-corrected chi connectivity index (χ3v) is 4.61. The molecule has 10 heteroatoms. The second-order valence-corrected chi connectivity index (χ2v) is 6.99. The Morgan fingerprint density at radius 1 is 1.14 bits per heavy atom. The number of alkyl halides is 3. The molecule has 1 aliphatic rings.